The molecule has 2 unspecified atom stereocenters. The lowest BCUT2D eigenvalue weighted by molar-refractivity contribution is 0.415. The maximum atomic E-state index is 7.12. The van der Waals surface area contributed by atoms with Crippen LogP contribution in [0.5, 0.6) is 5.75 Å². The monoisotopic (exact) mass is 683 g/mol. The number of fused-ring (bicyclic) bond motifs is 3. The summed E-state index contributed by atoms with van der Waals surface area (Å²) in [6, 6.07) is 53.4. The molecule has 0 saturated carbocycles. The third-order valence-corrected chi connectivity index (χ3v) is 11.1. The molecule has 4 nitrogen and oxygen atoms in total. The van der Waals surface area contributed by atoms with Gasteiger partial charge >= 0.3 is 0 Å². The number of benzene rings is 6. The van der Waals surface area contributed by atoms with Crippen molar-refractivity contribution in [2.45, 2.75) is 38.5 Å². The Morgan fingerprint density at radius 3 is 1.77 bits per heavy atom. The summed E-state index contributed by atoms with van der Waals surface area (Å²) in [6.45, 7) is 4.49. The van der Waals surface area contributed by atoms with E-state index in [1.54, 1.807) is 0 Å². The van der Waals surface area contributed by atoms with Gasteiger partial charge in [-0.15, -0.1) is 0 Å². The number of allylic oxidation sites excluding steroid dienone is 4. The minimum Gasteiger partial charge on any atom is -0.460 e. The van der Waals surface area contributed by atoms with Crippen LogP contribution in [-0.2, 0) is 0 Å². The van der Waals surface area contributed by atoms with Crippen molar-refractivity contribution in [3.63, 3.8) is 0 Å². The summed E-state index contributed by atoms with van der Waals surface area (Å²) in [5.41, 5.74) is 15.3. The van der Waals surface area contributed by atoms with Crippen molar-refractivity contribution in [2.24, 2.45) is 0 Å². The van der Waals surface area contributed by atoms with Crippen LogP contribution in [-0.4, -0.2) is 15.0 Å². The quantitative estimate of drug-likeness (QED) is 0.168. The lowest BCUT2D eigenvalue weighted by Crippen LogP contribution is -2.25. The van der Waals surface area contributed by atoms with E-state index >= 15 is 0 Å². The fourth-order valence-corrected chi connectivity index (χ4v) is 8.76. The van der Waals surface area contributed by atoms with Gasteiger partial charge in [0.2, 0.25) is 0 Å². The van der Waals surface area contributed by atoms with E-state index in [2.05, 4.69) is 141 Å². The first-order valence-corrected chi connectivity index (χ1v) is 18.6. The van der Waals surface area contributed by atoms with E-state index < -0.39 is 0 Å². The van der Waals surface area contributed by atoms with Crippen LogP contribution in [0, 0.1) is 6.92 Å². The van der Waals surface area contributed by atoms with Crippen LogP contribution < -0.4 is 4.74 Å². The van der Waals surface area contributed by atoms with Crippen molar-refractivity contribution in [1.29, 1.82) is 0 Å². The van der Waals surface area contributed by atoms with Crippen LogP contribution in [0.25, 0.3) is 56.2 Å². The molecule has 0 saturated heterocycles. The molecule has 7 aromatic rings. The summed E-state index contributed by atoms with van der Waals surface area (Å²) in [7, 11) is 0. The van der Waals surface area contributed by atoms with E-state index in [0.717, 1.165) is 46.6 Å². The Bertz CT molecular complexity index is 2600. The molecule has 254 valence electrons. The number of aryl methyl sites for hydroxylation is 1. The van der Waals surface area contributed by atoms with Gasteiger partial charge in [-0.05, 0) is 63.9 Å². The fraction of sp³-hybridized carbons (Fsp3) is 0.122. The summed E-state index contributed by atoms with van der Waals surface area (Å²) in [5, 5.41) is 0. The van der Waals surface area contributed by atoms with Crippen molar-refractivity contribution >= 4 is 11.1 Å². The van der Waals surface area contributed by atoms with Gasteiger partial charge in [0, 0.05) is 22.6 Å². The SMILES string of the molecule is CCCC1=C(c2ccccc2C)C(c2nc(-c3ccccc3)nc(-c3ccc(-c4ccccc4)cc3)n2)=C2Oc3cccc4c3C2C1c1ccccc1-4. The molecule has 2 atom stereocenters. The normalized spacial score (nSPS) is 16.6. The van der Waals surface area contributed by atoms with Crippen LogP contribution >= 0.6 is 0 Å². The van der Waals surface area contributed by atoms with Gasteiger partial charge in [0.15, 0.2) is 17.5 Å². The van der Waals surface area contributed by atoms with Crippen molar-refractivity contribution in [3.8, 4) is 50.8 Å². The van der Waals surface area contributed by atoms with Crippen LogP contribution in [0.2, 0.25) is 0 Å². The Hall–Kier alpha value is -6.39. The predicted molar refractivity (Wildman–Crippen MR) is 214 cm³/mol. The zero-order valence-corrected chi connectivity index (χ0v) is 29.8. The molecule has 10 rings (SSSR count). The zero-order chi connectivity index (χ0) is 35.5. The Labute approximate surface area is 310 Å². The smallest absolute Gasteiger partial charge is 0.168 e. The molecule has 3 aliphatic rings. The average molecular weight is 684 g/mol. The van der Waals surface area contributed by atoms with Crippen molar-refractivity contribution < 1.29 is 4.74 Å². The lowest BCUT2D eigenvalue weighted by Gasteiger charge is -2.39. The highest BCUT2D eigenvalue weighted by molar-refractivity contribution is 6.09. The molecule has 0 fully saturated rings. The minimum atomic E-state index is 0.0194. The van der Waals surface area contributed by atoms with Crippen molar-refractivity contribution in [1.82, 2.24) is 15.0 Å². The molecule has 53 heavy (non-hydrogen) atoms. The average Bonchev–Trinajstić information content (AvgIpc) is 3.61. The standard InChI is InChI=1S/C49H37N3O/c1-3-15-39-41(35-21-11-10-16-30(35)2)45(46-44-42(39)37-23-13-12-22-36(37)38-24-14-25-40(53-46)43(38)44)49-51-47(33-19-8-5-9-20-33)50-48(52-49)34-28-26-32(27-29-34)31-17-6-4-7-18-31/h4-14,16-29,42,44H,3,15H2,1-2H3. The maximum absolute atomic E-state index is 7.12. The second-order valence-electron chi connectivity index (χ2n) is 14.2. The summed E-state index contributed by atoms with van der Waals surface area (Å²) >= 11 is 0. The van der Waals surface area contributed by atoms with E-state index in [4.69, 9.17) is 19.7 Å². The molecule has 0 bridgehead atoms. The van der Waals surface area contributed by atoms with Crippen LogP contribution in [0.15, 0.2) is 163 Å². The highest BCUT2D eigenvalue weighted by atomic mass is 16.5. The van der Waals surface area contributed by atoms with Gasteiger partial charge in [-0.1, -0.05) is 165 Å². The van der Waals surface area contributed by atoms with E-state index in [0.29, 0.717) is 17.5 Å². The van der Waals surface area contributed by atoms with E-state index in [1.807, 2.05) is 24.3 Å². The number of ether oxygens (including phenoxy) is 1. The van der Waals surface area contributed by atoms with Crippen molar-refractivity contribution in [2.75, 3.05) is 0 Å². The Balaban J connectivity index is 1.26. The molecule has 0 radical (unpaired) electrons. The van der Waals surface area contributed by atoms with E-state index in [1.165, 1.54) is 50.1 Å². The Morgan fingerprint density at radius 2 is 1.06 bits per heavy atom. The van der Waals surface area contributed by atoms with Gasteiger partial charge in [0.1, 0.15) is 11.5 Å². The summed E-state index contributed by atoms with van der Waals surface area (Å²) < 4.78 is 7.12. The van der Waals surface area contributed by atoms with Gasteiger partial charge in [-0.25, -0.2) is 15.0 Å². The van der Waals surface area contributed by atoms with Crippen LogP contribution in [0.1, 0.15) is 59.7 Å². The Morgan fingerprint density at radius 1 is 0.491 bits per heavy atom. The second kappa shape index (κ2) is 12.7. The highest BCUT2D eigenvalue weighted by Gasteiger charge is 2.50. The first kappa shape index (κ1) is 31.4. The number of hydrogen-bond acceptors (Lipinski definition) is 4. The number of rotatable bonds is 7. The number of hydrogen-bond donors (Lipinski definition) is 0. The van der Waals surface area contributed by atoms with Gasteiger partial charge in [0.25, 0.3) is 0 Å². The van der Waals surface area contributed by atoms with Crippen LogP contribution in [0.3, 0.4) is 0 Å². The number of aromatic nitrogens is 3. The molecule has 0 spiro atoms. The molecule has 4 heteroatoms. The third-order valence-electron chi connectivity index (χ3n) is 11.1. The van der Waals surface area contributed by atoms with E-state index in [-0.39, 0.29) is 11.8 Å². The molecular weight excluding hydrogens is 647 g/mol. The molecule has 2 aliphatic carbocycles. The molecule has 1 aliphatic heterocycles. The summed E-state index contributed by atoms with van der Waals surface area (Å²) in [5.74, 6) is 3.92. The first-order valence-electron chi connectivity index (χ1n) is 18.6. The molecule has 0 amide bonds. The summed E-state index contributed by atoms with van der Waals surface area (Å²) in [6.07, 6.45) is 1.96. The van der Waals surface area contributed by atoms with Gasteiger partial charge in [0.05, 0.1) is 11.5 Å². The zero-order valence-electron chi connectivity index (χ0n) is 29.8. The van der Waals surface area contributed by atoms with Gasteiger partial charge in [-0.2, -0.15) is 0 Å². The number of nitrogens with zero attached hydrogens (tertiary/aromatic N) is 3. The first-order chi connectivity index (χ1) is 26.2. The summed E-state index contributed by atoms with van der Waals surface area (Å²) in [4.78, 5) is 15.9. The highest BCUT2D eigenvalue weighted by Crippen LogP contribution is 2.65. The molecule has 2 heterocycles. The van der Waals surface area contributed by atoms with Crippen molar-refractivity contribution in [3.05, 3.63) is 191 Å². The third kappa shape index (κ3) is 5.08. The van der Waals surface area contributed by atoms with Gasteiger partial charge < -0.3 is 4.74 Å². The fourth-order valence-electron chi connectivity index (χ4n) is 8.76. The predicted octanol–water partition coefficient (Wildman–Crippen LogP) is 12.1. The Kier molecular flexibility index (Phi) is 7.50. The largest absolute Gasteiger partial charge is 0.460 e. The molecule has 1 aromatic heterocycles. The topological polar surface area (TPSA) is 47.9 Å². The molecular formula is C49H37N3O. The maximum Gasteiger partial charge on any atom is 0.168 e. The molecule has 0 N–H and O–H groups in total. The van der Waals surface area contributed by atoms with Gasteiger partial charge in [-0.3, -0.25) is 0 Å². The van der Waals surface area contributed by atoms with Crippen LogP contribution in [0.4, 0.5) is 0 Å². The van der Waals surface area contributed by atoms with E-state index in [9.17, 15) is 0 Å². The second-order valence-corrected chi connectivity index (χ2v) is 14.2. The minimum absolute atomic E-state index is 0.0194. The lowest BCUT2D eigenvalue weighted by atomic mass is 9.62. The molecule has 6 aromatic carbocycles.